The number of halogens is 1. The third-order valence-electron chi connectivity index (χ3n) is 5.58. The second-order valence-corrected chi connectivity index (χ2v) is 8.01. The van der Waals surface area contributed by atoms with E-state index in [9.17, 15) is 4.79 Å². The number of methoxy groups -OCH3 is 1. The fourth-order valence-corrected chi connectivity index (χ4v) is 3.89. The Hall–Kier alpha value is -2.27. The summed E-state index contributed by atoms with van der Waals surface area (Å²) in [5, 5.41) is 3.94. The third-order valence-corrected chi connectivity index (χ3v) is 5.81. The number of hydrogen-bond acceptors (Lipinski definition) is 4. The number of nitrogens with one attached hydrogen (secondary N) is 1. The molecule has 6 heteroatoms. The predicted octanol–water partition coefficient (Wildman–Crippen LogP) is 5.01. The molecular weight excluding hydrogens is 386 g/mol. The van der Waals surface area contributed by atoms with Gasteiger partial charge in [-0.1, -0.05) is 43.5 Å². The molecule has 0 saturated carbocycles. The highest BCUT2D eigenvalue weighted by Crippen LogP contribution is 2.26. The zero-order valence-corrected chi connectivity index (χ0v) is 18.0. The van der Waals surface area contributed by atoms with Crippen molar-refractivity contribution in [2.24, 2.45) is 5.92 Å². The lowest BCUT2D eigenvalue weighted by molar-refractivity contribution is -0.126. The molecule has 156 valence electrons. The van der Waals surface area contributed by atoms with E-state index in [0.717, 1.165) is 62.3 Å². The Labute approximate surface area is 178 Å². The van der Waals surface area contributed by atoms with Crippen molar-refractivity contribution in [2.75, 3.05) is 25.1 Å². The molecule has 2 heterocycles. The molecule has 1 fully saturated rings. The van der Waals surface area contributed by atoms with Crippen LogP contribution in [0, 0.1) is 5.92 Å². The number of amides is 1. The summed E-state index contributed by atoms with van der Waals surface area (Å²) in [6, 6.07) is 11.9. The zero-order chi connectivity index (χ0) is 20.6. The van der Waals surface area contributed by atoms with Gasteiger partial charge >= 0.3 is 0 Å². The van der Waals surface area contributed by atoms with Gasteiger partial charge in [-0.05, 0) is 49.1 Å². The minimum atomic E-state index is 0.0425. The molecule has 1 amide bonds. The number of carbonyl (C=O) groups is 1. The van der Waals surface area contributed by atoms with E-state index in [1.54, 1.807) is 13.3 Å². The van der Waals surface area contributed by atoms with Crippen molar-refractivity contribution in [2.45, 2.75) is 45.1 Å². The SMILES string of the molecule is CCCCC(NC(=O)C1CCN(c2ccc(Cl)cn2)CC1)c1ccc(OC)cc1. The molecule has 1 atom stereocenters. The monoisotopic (exact) mass is 415 g/mol. The van der Waals surface area contributed by atoms with Crippen LogP contribution >= 0.6 is 11.6 Å². The first-order valence-corrected chi connectivity index (χ1v) is 10.8. The van der Waals surface area contributed by atoms with Crippen LogP contribution in [0.2, 0.25) is 5.02 Å². The standard InChI is InChI=1S/C23H30ClN3O2/c1-3-4-5-21(17-6-9-20(29-2)10-7-17)26-23(28)18-12-14-27(15-13-18)22-11-8-19(24)16-25-22/h6-11,16,18,21H,3-5,12-15H2,1-2H3,(H,26,28). The van der Waals surface area contributed by atoms with Gasteiger partial charge in [0.25, 0.3) is 0 Å². The molecule has 1 saturated heterocycles. The number of hydrogen-bond donors (Lipinski definition) is 1. The summed E-state index contributed by atoms with van der Waals surface area (Å²) in [5.74, 6) is 1.95. The predicted molar refractivity (Wildman–Crippen MR) is 118 cm³/mol. The number of anilines is 1. The molecule has 2 aromatic rings. The van der Waals surface area contributed by atoms with E-state index in [1.807, 2.05) is 36.4 Å². The van der Waals surface area contributed by atoms with E-state index in [0.29, 0.717) is 5.02 Å². The van der Waals surface area contributed by atoms with Crippen LogP contribution < -0.4 is 15.0 Å². The van der Waals surface area contributed by atoms with E-state index >= 15 is 0 Å². The molecular formula is C23H30ClN3O2. The average Bonchev–Trinajstić information content (AvgIpc) is 2.77. The van der Waals surface area contributed by atoms with Gasteiger partial charge in [-0.2, -0.15) is 0 Å². The van der Waals surface area contributed by atoms with Crippen molar-refractivity contribution in [3.63, 3.8) is 0 Å². The van der Waals surface area contributed by atoms with E-state index < -0.39 is 0 Å². The molecule has 1 unspecified atom stereocenters. The van der Waals surface area contributed by atoms with Crippen molar-refractivity contribution in [1.29, 1.82) is 0 Å². The summed E-state index contributed by atoms with van der Waals surface area (Å²) in [6.45, 7) is 3.83. The minimum Gasteiger partial charge on any atom is -0.497 e. The minimum absolute atomic E-state index is 0.0425. The summed E-state index contributed by atoms with van der Waals surface area (Å²) in [7, 11) is 1.66. The van der Waals surface area contributed by atoms with E-state index in [-0.39, 0.29) is 17.9 Å². The molecule has 0 bridgehead atoms. The number of pyridine rings is 1. The summed E-state index contributed by atoms with van der Waals surface area (Å²) >= 11 is 5.93. The molecule has 29 heavy (non-hydrogen) atoms. The zero-order valence-electron chi connectivity index (χ0n) is 17.2. The van der Waals surface area contributed by atoms with Crippen LogP contribution in [0.3, 0.4) is 0 Å². The Morgan fingerprint density at radius 2 is 1.97 bits per heavy atom. The van der Waals surface area contributed by atoms with Crippen molar-refractivity contribution in [3.05, 3.63) is 53.2 Å². The van der Waals surface area contributed by atoms with Crippen LogP contribution in [0.25, 0.3) is 0 Å². The lowest BCUT2D eigenvalue weighted by Gasteiger charge is -2.33. The first-order chi connectivity index (χ1) is 14.1. The number of benzene rings is 1. The second kappa shape index (κ2) is 10.5. The molecule has 5 nitrogen and oxygen atoms in total. The average molecular weight is 416 g/mol. The molecule has 1 N–H and O–H groups in total. The highest BCUT2D eigenvalue weighted by atomic mass is 35.5. The highest BCUT2D eigenvalue weighted by Gasteiger charge is 2.27. The smallest absolute Gasteiger partial charge is 0.223 e. The highest BCUT2D eigenvalue weighted by molar-refractivity contribution is 6.30. The molecule has 1 aliphatic heterocycles. The topological polar surface area (TPSA) is 54.5 Å². The van der Waals surface area contributed by atoms with Crippen LogP contribution in [0.4, 0.5) is 5.82 Å². The Morgan fingerprint density at radius 1 is 1.24 bits per heavy atom. The quantitative estimate of drug-likeness (QED) is 0.658. The summed E-state index contributed by atoms with van der Waals surface area (Å²) in [5.41, 5.74) is 1.13. The first-order valence-electron chi connectivity index (χ1n) is 10.4. The molecule has 1 aromatic heterocycles. The van der Waals surface area contributed by atoms with Gasteiger partial charge in [-0.3, -0.25) is 4.79 Å². The van der Waals surface area contributed by atoms with E-state index in [2.05, 4.69) is 22.1 Å². The van der Waals surface area contributed by atoms with Gasteiger partial charge in [0.2, 0.25) is 5.91 Å². The Balaban J connectivity index is 1.58. The summed E-state index contributed by atoms with van der Waals surface area (Å²) in [6.07, 6.45) is 6.47. The van der Waals surface area contributed by atoms with Gasteiger partial charge in [0.15, 0.2) is 0 Å². The number of carbonyl (C=O) groups excluding carboxylic acids is 1. The molecule has 0 radical (unpaired) electrons. The maximum absolute atomic E-state index is 13.0. The maximum Gasteiger partial charge on any atom is 0.223 e. The third kappa shape index (κ3) is 5.86. The Kier molecular flexibility index (Phi) is 7.76. The fraction of sp³-hybridized carbons (Fsp3) is 0.478. The van der Waals surface area contributed by atoms with Gasteiger partial charge < -0.3 is 15.0 Å². The second-order valence-electron chi connectivity index (χ2n) is 7.57. The molecule has 0 aliphatic carbocycles. The van der Waals surface area contributed by atoms with Crippen LogP contribution in [0.1, 0.15) is 50.6 Å². The number of piperidine rings is 1. The van der Waals surface area contributed by atoms with Gasteiger partial charge in [0.05, 0.1) is 18.2 Å². The molecule has 1 aliphatic rings. The number of ether oxygens (including phenoxy) is 1. The largest absolute Gasteiger partial charge is 0.497 e. The summed E-state index contributed by atoms with van der Waals surface area (Å²) in [4.78, 5) is 19.6. The maximum atomic E-state index is 13.0. The van der Waals surface area contributed by atoms with Crippen molar-refractivity contribution < 1.29 is 9.53 Å². The normalized spacial score (nSPS) is 15.8. The fourth-order valence-electron chi connectivity index (χ4n) is 3.78. The molecule has 3 rings (SSSR count). The van der Waals surface area contributed by atoms with Crippen LogP contribution in [0.15, 0.2) is 42.6 Å². The lowest BCUT2D eigenvalue weighted by atomic mass is 9.94. The molecule has 1 aromatic carbocycles. The van der Waals surface area contributed by atoms with Crippen molar-refractivity contribution in [1.82, 2.24) is 10.3 Å². The van der Waals surface area contributed by atoms with E-state index in [1.165, 1.54) is 0 Å². The van der Waals surface area contributed by atoms with Gasteiger partial charge in [-0.25, -0.2) is 4.98 Å². The number of aromatic nitrogens is 1. The van der Waals surface area contributed by atoms with Gasteiger partial charge in [-0.15, -0.1) is 0 Å². The molecule has 0 spiro atoms. The number of nitrogens with zero attached hydrogens (tertiary/aromatic N) is 2. The van der Waals surface area contributed by atoms with Gasteiger partial charge in [0.1, 0.15) is 11.6 Å². The first kappa shape index (κ1) is 21.4. The van der Waals surface area contributed by atoms with Crippen LogP contribution in [0.5, 0.6) is 5.75 Å². The van der Waals surface area contributed by atoms with Crippen molar-refractivity contribution >= 4 is 23.3 Å². The number of unbranched alkanes of at least 4 members (excludes halogenated alkanes) is 1. The number of rotatable bonds is 8. The van der Waals surface area contributed by atoms with Crippen molar-refractivity contribution in [3.8, 4) is 5.75 Å². The van der Waals surface area contributed by atoms with E-state index in [4.69, 9.17) is 16.3 Å². The van der Waals surface area contributed by atoms with Gasteiger partial charge in [0, 0.05) is 25.2 Å². The Morgan fingerprint density at radius 3 is 2.55 bits per heavy atom. The van der Waals surface area contributed by atoms with Crippen LogP contribution in [-0.4, -0.2) is 31.1 Å². The lowest BCUT2D eigenvalue weighted by Crippen LogP contribution is -2.41. The van der Waals surface area contributed by atoms with Crippen LogP contribution in [-0.2, 0) is 4.79 Å². The summed E-state index contributed by atoms with van der Waals surface area (Å²) < 4.78 is 5.25. The Bertz CT molecular complexity index is 772.